The van der Waals surface area contributed by atoms with Crippen LogP contribution in [-0.4, -0.2) is 50.2 Å². The maximum absolute atomic E-state index is 10.6. The van der Waals surface area contributed by atoms with Crippen LogP contribution in [0.3, 0.4) is 0 Å². The van der Waals surface area contributed by atoms with Gasteiger partial charge in [0.1, 0.15) is 13.2 Å². The molecule has 0 amide bonds. The summed E-state index contributed by atoms with van der Waals surface area (Å²) >= 11 is 0. The predicted octanol–water partition coefficient (Wildman–Crippen LogP) is -3.40. The van der Waals surface area contributed by atoms with Crippen molar-refractivity contribution in [1.29, 1.82) is 0 Å². The van der Waals surface area contributed by atoms with Gasteiger partial charge in [0.15, 0.2) is 0 Å². The van der Waals surface area contributed by atoms with Crippen molar-refractivity contribution in [2.24, 2.45) is 0 Å². The monoisotopic (exact) mass is 211 g/mol. The van der Waals surface area contributed by atoms with E-state index in [0.29, 0.717) is 6.61 Å². The topological polar surface area (TPSA) is 57.8 Å². The number of carbonyl (C=O) groups is 1. The van der Waals surface area contributed by atoms with E-state index in [1.54, 1.807) is 0 Å². The van der Waals surface area contributed by atoms with Gasteiger partial charge in [-0.2, -0.15) is 0 Å². The molecule has 0 saturated carbocycles. The summed E-state index contributed by atoms with van der Waals surface area (Å²) in [6, 6.07) is 0. The molecule has 2 N–H and O–H groups in total. The number of halogens is 1. The lowest BCUT2D eigenvalue weighted by molar-refractivity contribution is -0.870. The molecular formula is C8H18ClNO3. The first kappa shape index (κ1) is 18.3. The smallest absolute Gasteiger partial charge is 0.330 e. The lowest BCUT2D eigenvalue weighted by Gasteiger charge is -2.23. The zero-order valence-corrected chi connectivity index (χ0v) is 9.10. The second-order valence-corrected chi connectivity index (χ2v) is 3.39. The van der Waals surface area contributed by atoms with Crippen molar-refractivity contribution < 1.29 is 31.9 Å². The summed E-state index contributed by atoms with van der Waals surface area (Å²) in [5, 5.41) is 0. The van der Waals surface area contributed by atoms with E-state index in [1.807, 2.05) is 21.1 Å². The van der Waals surface area contributed by atoms with Crippen molar-refractivity contribution in [2.75, 3.05) is 34.3 Å². The molecule has 0 aliphatic carbocycles. The van der Waals surface area contributed by atoms with Crippen molar-refractivity contribution in [3.63, 3.8) is 0 Å². The molecule has 0 aromatic rings. The zero-order valence-electron chi connectivity index (χ0n) is 8.34. The number of nitrogens with zero attached hydrogens (tertiary/aromatic N) is 1. The molecule has 0 saturated heterocycles. The summed E-state index contributed by atoms with van der Waals surface area (Å²) in [7, 11) is 6.13. The first-order valence-corrected chi connectivity index (χ1v) is 3.55. The minimum atomic E-state index is -0.349. The maximum Gasteiger partial charge on any atom is 0.330 e. The number of ether oxygens (including phenoxy) is 1. The van der Waals surface area contributed by atoms with Gasteiger partial charge >= 0.3 is 5.97 Å². The van der Waals surface area contributed by atoms with Gasteiger partial charge < -0.3 is 27.1 Å². The third kappa shape index (κ3) is 14.3. The molecule has 0 unspecified atom stereocenters. The number of hydrogen-bond donors (Lipinski definition) is 0. The van der Waals surface area contributed by atoms with Crippen LogP contribution >= 0.6 is 0 Å². The molecule has 0 heterocycles. The Morgan fingerprint density at radius 3 is 2.23 bits per heavy atom. The van der Waals surface area contributed by atoms with Gasteiger partial charge in [0.05, 0.1) is 21.1 Å². The first-order chi connectivity index (χ1) is 4.95. The van der Waals surface area contributed by atoms with E-state index in [-0.39, 0.29) is 23.9 Å². The Morgan fingerprint density at radius 2 is 1.92 bits per heavy atom. The van der Waals surface area contributed by atoms with Crippen LogP contribution in [0.5, 0.6) is 0 Å². The third-order valence-corrected chi connectivity index (χ3v) is 1.17. The summed E-state index contributed by atoms with van der Waals surface area (Å²) in [6.45, 7) is 4.57. The summed E-state index contributed by atoms with van der Waals surface area (Å²) in [5.41, 5.74) is 0. The van der Waals surface area contributed by atoms with Gasteiger partial charge in [-0.3, -0.25) is 0 Å². The van der Waals surface area contributed by atoms with E-state index < -0.39 is 0 Å². The molecule has 4 nitrogen and oxygen atoms in total. The molecule has 0 aliphatic rings. The average molecular weight is 212 g/mol. The van der Waals surface area contributed by atoms with Crippen molar-refractivity contribution in [3.05, 3.63) is 12.7 Å². The number of quaternary nitrogens is 1. The third-order valence-electron chi connectivity index (χ3n) is 1.17. The number of rotatable bonds is 4. The minimum Gasteiger partial charge on any atom is -1.00 e. The van der Waals surface area contributed by atoms with Crippen molar-refractivity contribution in [2.45, 2.75) is 0 Å². The molecule has 0 aromatic heterocycles. The fraction of sp³-hybridized carbons (Fsp3) is 0.625. The molecule has 0 radical (unpaired) electrons. The molecule has 0 spiro atoms. The number of likely N-dealkylation sites (N-methyl/N-ethyl adjacent to an activating group) is 1. The normalized spacial score (nSPS) is 9.15. The average Bonchev–Trinajstić information content (AvgIpc) is 1.85. The fourth-order valence-corrected chi connectivity index (χ4v) is 0.479. The van der Waals surface area contributed by atoms with Crippen LogP contribution in [0.2, 0.25) is 0 Å². The van der Waals surface area contributed by atoms with E-state index in [1.165, 1.54) is 6.08 Å². The largest absolute Gasteiger partial charge is 1.00 e. The highest BCUT2D eigenvalue weighted by Crippen LogP contribution is 1.89. The summed E-state index contributed by atoms with van der Waals surface area (Å²) < 4.78 is 5.59. The molecule has 13 heavy (non-hydrogen) atoms. The Labute approximate surface area is 85.5 Å². The van der Waals surface area contributed by atoms with Crippen LogP contribution in [0.1, 0.15) is 0 Å². The maximum atomic E-state index is 10.6. The van der Waals surface area contributed by atoms with Gasteiger partial charge in [0.25, 0.3) is 0 Å². The molecular weight excluding hydrogens is 194 g/mol. The van der Waals surface area contributed by atoms with Gasteiger partial charge in [-0.25, -0.2) is 4.79 Å². The molecule has 0 aromatic carbocycles. The van der Waals surface area contributed by atoms with Crippen molar-refractivity contribution >= 4 is 5.97 Å². The molecule has 0 fully saturated rings. The Balaban J connectivity index is -0.000000500. The molecule has 0 aliphatic heterocycles. The molecule has 0 bridgehead atoms. The number of carbonyl (C=O) groups excluding carboxylic acids is 1. The Bertz CT molecular complexity index is 154. The Morgan fingerprint density at radius 1 is 1.46 bits per heavy atom. The van der Waals surface area contributed by atoms with Gasteiger partial charge in [0.2, 0.25) is 0 Å². The molecule has 0 atom stereocenters. The van der Waals surface area contributed by atoms with Crippen LogP contribution in [0, 0.1) is 0 Å². The molecule has 5 heteroatoms. The van der Waals surface area contributed by atoms with E-state index in [4.69, 9.17) is 4.74 Å². The first-order valence-electron chi connectivity index (χ1n) is 3.55. The SMILES string of the molecule is C=CC(=O)OCC[N+](C)(C)C.O.[Cl-]. The molecule has 0 rings (SSSR count). The lowest BCUT2D eigenvalue weighted by Crippen LogP contribution is -3.00. The number of esters is 1. The van der Waals surface area contributed by atoms with Gasteiger partial charge in [-0.1, -0.05) is 6.58 Å². The minimum absolute atomic E-state index is 0. The van der Waals surface area contributed by atoms with Gasteiger partial charge in [-0.05, 0) is 0 Å². The summed E-state index contributed by atoms with van der Waals surface area (Å²) in [6.07, 6.45) is 1.18. The second-order valence-electron chi connectivity index (χ2n) is 3.39. The van der Waals surface area contributed by atoms with Gasteiger partial charge in [-0.15, -0.1) is 0 Å². The van der Waals surface area contributed by atoms with E-state index in [9.17, 15) is 4.79 Å². The molecule has 80 valence electrons. The fourth-order valence-electron chi connectivity index (χ4n) is 0.479. The van der Waals surface area contributed by atoms with Crippen LogP contribution < -0.4 is 12.4 Å². The van der Waals surface area contributed by atoms with Crippen molar-refractivity contribution in [3.8, 4) is 0 Å². The van der Waals surface area contributed by atoms with Gasteiger partial charge in [0, 0.05) is 6.08 Å². The van der Waals surface area contributed by atoms with E-state index in [0.717, 1.165) is 11.0 Å². The lowest BCUT2D eigenvalue weighted by atomic mass is 10.5. The Kier molecular flexibility index (Phi) is 11.3. The van der Waals surface area contributed by atoms with Crippen molar-refractivity contribution in [1.82, 2.24) is 0 Å². The number of hydrogen-bond acceptors (Lipinski definition) is 2. The zero-order chi connectivity index (χ0) is 8.91. The Hall–Kier alpha value is -0.580. The second kappa shape index (κ2) is 8.04. The van der Waals surface area contributed by atoms with Crippen LogP contribution in [0.4, 0.5) is 0 Å². The highest BCUT2D eigenvalue weighted by atomic mass is 35.5. The predicted molar refractivity (Wildman–Crippen MR) is 47.7 cm³/mol. The summed E-state index contributed by atoms with van der Waals surface area (Å²) in [4.78, 5) is 10.6. The quantitative estimate of drug-likeness (QED) is 0.277. The van der Waals surface area contributed by atoms with E-state index in [2.05, 4.69) is 6.58 Å². The van der Waals surface area contributed by atoms with E-state index >= 15 is 0 Å². The van der Waals surface area contributed by atoms with Crippen LogP contribution in [0.25, 0.3) is 0 Å². The van der Waals surface area contributed by atoms with Crippen LogP contribution in [0.15, 0.2) is 12.7 Å². The summed E-state index contributed by atoms with van der Waals surface area (Å²) in [5.74, 6) is -0.349. The highest BCUT2D eigenvalue weighted by molar-refractivity contribution is 5.81. The van der Waals surface area contributed by atoms with Crippen LogP contribution in [-0.2, 0) is 9.53 Å². The standard InChI is InChI=1S/C8H16NO2.ClH.H2O/c1-5-8(10)11-7-6-9(2,3)4;;/h5H,1,6-7H2,2-4H3;1H;1H2/q+1;;/p-1. The highest BCUT2D eigenvalue weighted by Gasteiger charge is 2.06.